The number of rotatable bonds is 4. The molecule has 0 saturated heterocycles. The van der Waals surface area contributed by atoms with Gasteiger partial charge in [0.25, 0.3) is 0 Å². The molecule has 0 fully saturated rings. The van der Waals surface area contributed by atoms with E-state index in [-0.39, 0.29) is 10.8 Å². The smallest absolute Gasteiger partial charge is 0.0468 e. The molecule has 6 aromatic carbocycles. The van der Waals surface area contributed by atoms with Gasteiger partial charge in [-0.15, -0.1) is 11.3 Å². The van der Waals surface area contributed by atoms with E-state index >= 15 is 0 Å². The Balaban J connectivity index is 0.000000799. The summed E-state index contributed by atoms with van der Waals surface area (Å²) in [5, 5.41) is 2.71. The normalized spacial score (nSPS) is 14.5. The van der Waals surface area contributed by atoms with Crippen LogP contribution in [-0.4, -0.2) is 0 Å². The van der Waals surface area contributed by atoms with E-state index in [0.717, 1.165) is 0 Å². The minimum absolute atomic E-state index is 0.0576. The number of hydrogen-bond donors (Lipinski definition) is 0. The molecule has 0 amide bonds. The van der Waals surface area contributed by atoms with E-state index in [1.54, 1.807) is 0 Å². The highest BCUT2D eigenvalue weighted by atomic mass is 32.1. The van der Waals surface area contributed by atoms with Crippen molar-refractivity contribution in [2.24, 2.45) is 0 Å². The molecule has 1 nitrogen and oxygen atoms in total. The molecule has 2 heteroatoms. The fourth-order valence-corrected chi connectivity index (χ4v) is 9.27. The van der Waals surface area contributed by atoms with E-state index in [1.807, 2.05) is 11.3 Å². The third-order valence-corrected chi connectivity index (χ3v) is 12.0. The molecular formula is C46H43NS. The summed E-state index contributed by atoms with van der Waals surface area (Å²) in [6.07, 6.45) is 2.64. The molecule has 7 aromatic rings. The van der Waals surface area contributed by atoms with Crippen molar-refractivity contribution in [3.63, 3.8) is 0 Å². The molecule has 2 aliphatic carbocycles. The maximum Gasteiger partial charge on any atom is 0.0468 e. The molecule has 1 aromatic heterocycles. The Morgan fingerprint density at radius 2 is 1.08 bits per heavy atom. The van der Waals surface area contributed by atoms with Crippen molar-refractivity contribution >= 4 is 48.6 Å². The summed E-state index contributed by atoms with van der Waals surface area (Å²) in [6, 6.07) is 47.5. The summed E-state index contributed by atoms with van der Waals surface area (Å²) < 4.78 is 2.75. The van der Waals surface area contributed by atoms with Crippen LogP contribution in [0.2, 0.25) is 0 Å². The zero-order chi connectivity index (χ0) is 33.2. The molecule has 48 heavy (non-hydrogen) atoms. The van der Waals surface area contributed by atoms with Crippen LogP contribution in [0.5, 0.6) is 0 Å². The first-order valence-electron chi connectivity index (χ1n) is 17.4. The summed E-state index contributed by atoms with van der Waals surface area (Å²) in [7, 11) is 0. The molecule has 0 N–H and O–H groups in total. The number of benzene rings is 6. The van der Waals surface area contributed by atoms with Gasteiger partial charge in [-0.2, -0.15) is 0 Å². The lowest BCUT2D eigenvalue weighted by Crippen LogP contribution is -2.17. The lowest BCUT2D eigenvalue weighted by atomic mass is 9.82. The van der Waals surface area contributed by atoms with E-state index in [9.17, 15) is 0 Å². The molecule has 9 rings (SSSR count). The van der Waals surface area contributed by atoms with Crippen molar-refractivity contribution in [1.29, 1.82) is 0 Å². The molecule has 0 atom stereocenters. The van der Waals surface area contributed by atoms with Crippen LogP contribution < -0.4 is 4.90 Å². The minimum atomic E-state index is -0.0610. The lowest BCUT2D eigenvalue weighted by molar-refractivity contribution is 0.660. The molecular weight excluding hydrogens is 599 g/mol. The fourth-order valence-electron chi connectivity index (χ4n) is 8.00. The monoisotopic (exact) mass is 641 g/mol. The van der Waals surface area contributed by atoms with Crippen molar-refractivity contribution in [2.45, 2.75) is 65.2 Å². The molecule has 238 valence electrons. The van der Waals surface area contributed by atoms with Crippen LogP contribution in [0.1, 0.15) is 76.6 Å². The molecule has 0 bridgehead atoms. The van der Waals surface area contributed by atoms with Gasteiger partial charge in [-0.1, -0.05) is 139 Å². The standard InChI is InChI=1S/C42H33NS.C4H10/c1-41(2)35-22-19-27(24-33(35)39-36(41)23-21-32-31-15-9-11-17-38(31)44-40(32)39)43(26-12-6-5-7-13-26)28-18-20-30-29-14-8-10-16-34(29)42(3,4)37(30)25-28;1-3-4-2/h5-25H,1-4H3;3-4H2,1-2H3. The van der Waals surface area contributed by atoms with Crippen molar-refractivity contribution in [3.8, 4) is 22.3 Å². The van der Waals surface area contributed by atoms with E-state index < -0.39 is 0 Å². The average molecular weight is 642 g/mol. The van der Waals surface area contributed by atoms with Crippen LogP contribution >= 0.6 is 11.3 Å². The van der Waals surface area contributed by atoms with Crippen LogP contribution in [-0.2, 0) is 10.8 Å². The number of fused-ring (bicyclic) bond motifs is 10. The maximum absolute atomic E-state index is 2.45. The van der Waals surface area contributed by atoms with Gasteiger partial charge in [-0.25, -0.2) is 0 Å². The number of anilines is 3. The average Bonchev–Trinajstić information content (AvgIpc) is 3.69. The highest BCUT2D eigenvalue weighted by molar-refractivity contribution is 7.26. The zero-order valence-electron chi connectivity index (χ0n) is 28.9. The van der Waals surface area contributed by atoms with Crippen molar-refractivity contribution < 1.29 is 0 Å². The predicted molar refractivity (Wildman–Crippen MR) is 210 cm³/mol. The summed E-state index contributed by atoms with van der Waals surface area (Å²) in [5.74, 6) is 0. The highest BCUT2D eigenvalue weighted by Gasteiger charge is 2.38. The highest BCUT2D eigenvalue weighted by Crippen LogP contribution is 2.56. The quantitative estimate of drug-likeness (QED) is 0.185. The first-order valence-corrected chi connectivity index (χ1v) is 18.3. The van der Waals surface area contributed by atoms with Crippen LogP contribution in [0.3, 0.4) is 0 Å². The topological polar surface area (TPSA) is 3.24 Å². The van der Waals surface area contributed by atoms with Gasteiger partial charge in [0.05, 0.1) is 0 Å². The maximum atomic E-state index is 2.45. The van der Waals surface area contributed by atoms with Gasteiger partial charge in [0, 0.05) is 53.6 Å². The van der Waals surface area contributed by atoms with Gasteiger partial charge < -0.3 is 4.90 Å². The fraction of sp³-hybridized carbons (Fsp3) is 0.217. The van der Waals surface area contributed by atoms with Crippen LogP contribution in [0.15, 0.2) is 127 Å². The van der Waals surface area contributed by atoms with Crippen LogP contribution in [0, 0.1) is 0 Å². The number of unbranched alkanes of at least 4 members (excludes halogenated alkanes) is 1. The molecule has 2 aliphatic rings. The van der Waals surface area contributed by atoms with Gasteiger partial charge in [0.15, 0.2) is 0 Å². The van der Waals surface area contributed by atoms with Crippen LogP contribution in [0.4, 0.5) is 17.1 Å². The third kappa shape index (κ3) is 4.57. The van der Waals surface area contributed by atoms with Gasteiger partial charge in [-0.3, -0.25) is 0 Å². The van der Waals surface area contributed by atoms with E-state index in [4.69, 9.17) is 0 Å². The third-order valence-electron chi connectivity index (χ3n) is 10.8. The largest absolute Gasteiger partial charge is 0.310 e. The molecule has 0 aliphatic heterocycles. The first kappa shape index (κ1) is 30.7. The predicted octanol–water partition coefficient (Wildman–Crippen LogP) is 13.9. The minimum Gasteiger partial charge on any atom is -0.310 e. The van der Waals surface area contributed by atoms with Crippen molar-refractivity contribution in [2.75, 3.05) is 4.90 Å². The Bertz CT molecular complexity index is 2320. The number of thiophene rings is 1. The SMILES string of the molecule is CC1(C)c2ccccc2-c2ccc(N(c3ccccc3)c3ccc4c(c3)-c3c(ccc5c3sc3ccccc35)C4(C)C)cc21.CCCC. The lowest BCUT2D eigenvalue weighted by Gasteiger charge is -2.29. The van der Waals surface area contributed by atoms with Gasteiger partial charge in [0.1, 0.15) is 0 Å². The van der Waals surface area contributed by atoms with E-state index in [2.05, 4.69) is 174 Å². The molecule has 1 heterocycles. The Hall–Kier alpha value is -4.66. The molecule has 0 unspecified atom stereocenters. The summed E-state index contributed by atoms with van der Waals surface area (Å²) >= 11 is 1.93. The van der Waals surface area contributed by atoms with Crippen molar-refractivity contribution in [1.82, 2.24) is 0 Å². The Morgan fingerprint density at radius 3 is 1.88 bits per heavy atom. The summed E-state index contributed by atoms with van der Waals surface area (Å²) in [6.45, 7) is 13.8. The van der Waals surface area contributed by atoms with Gasteiger partial charge in [0.2, 0.25) is 0 Å². The second-order valence-corrected chi connectivity index (χ2v) is 15.4. The molecule has 0 radical (unpaired) electrons. The second kappa shape index (κ2) is 11.5. The number of nitrogens with zero attached hydrogens (tertiary/aromatic N) is 1. The zero-order valence-corrected chi connectivity index (χ0v) is 29.7. The van der Waals surface area contributed by atoms with E-state index in [0.29, 0.717) is 0 Å². The second-order valence-electron chi connectivity index (χ2n) is 14.4. The van der Waals surface area contributed by atoms with Crippen LogP contribution in [0.25, 0.3) is 42.4 Å². The molecule has 0 spiro atoms. The number of para-hydroxylation sites is 1. The Kier molecular flexibility index (Phi) is 7.34. The van der Waals surface area contributed by atoms with Gasteiger partial charge in [-0.05, 0) is 81.4 Å². The van der Waals surface area contributed by atoms with Gasteiger partial charge >= 0.3 is 0 Å². The first-order chi connectivity index (χ1) is 23.3. The van der Waals surface area contributed by atoms with Crippen molar-refractivity contribution in [3.05, 3.63) is 150 Å². The van der Waals surface area contributed by atoms with E-state index in [1.165, 1.54) is 94.6 Å². The Labute approximate surface area is 289 Å². The summed E-state index contributed by atoms with van der Waals surface area (Å²) in [5.41, 5.74) is 14.5. The Morgan fingerprint density at radius 1 is 0.479 bits per heavy atom. The number of hydrogen-bond acceptors (Lipinski definition) is 2. The summed E-state index contributed by atoms with van der Waals surface area (Å²) in [4.78, 5) is 2.44. The molecule has 0 saturated carbocycles.